The molecule has 0 saturated heterocycles. The van der Waals surface area contributed by atoms with Gasteiger partial charge in [0, 0.05) is 11.6 Å². The second-order valence-electron chi connectivity index (χ2n) is 3.44. The molecule has 0 heterocycles. The van der Waals surface area contributed by atoms with Gasteiger partial charge in [0.25, 0.3) is 0 Å². The van der Waals surface area contributed by atoms with Gasteiger partial charge in [0.2, 0.25) is 0 Å². The first-order chi connectivity index (χ1) is 4.33. The SMILES string of the molecule is CC(NC(C)(C)C)C(=O)[O-]. The number of carboxylic acid groups (broad SMARTS) is 1. The predicted molar refractivity (Wildman–Crippen MR) is 37.4 cm³/mol. The molecule has 0 aliphatic heterocycles. The molecule has 0 bridgehead atoms. The summed E-state index contributed by atoms with van der Waals surface area (Å²) in [5.74, 6) is -1.06. The van der Waals surface area contributed by atoms with Gasteiger partial charge in [-0.3, -0.25) is 0 Å². The minimum absolute atomic E-state index is 0.167. The van der Waals surface area contributed by atoms with Crippen LogP contribution in [0.3, 0.4) is 0 Å². The second-order valence-corrected chi connectivity index (χ2v) is 3.44. The van der Waals surface area contributed by atoms with E-state index in [0.29, 0.717) is 0 Å². The van der Waals surface area contributed by atoms with Crippen LogP contribution < -0.4 is 10.4 Å². The van der Waals surface area contributed by atoms with Crippen molar-refractivity contribution in [1.29, 1.82) is 0 Å². The van der Waals surface area contributed by atoms with Crippen LogP contribution in [-0.4, -0.2) is 17.6 Å². The predicted octanol–water partition coefficient (Wildman–Crippen LogP) is -0.487. The van der Waals surface area contributed by atoms with Crippen LogP contribution in [0.1, 0.15) is 27.7 Å². The van der Waals surface area contributed by atoms with Gasteiger partial charge in [-0.15, -0.1) is 0 Å². The molecule has 60 valence electrons. The van der Waals surface area contributed by atoms with Gasteiger partial charge in [-0.25, -0.2) is 0 Å². The zero-order valence-corrected chi connectivity index (χ0v) is 6.89. The molecule has 0 aromatic rings. The van der Waals surface area contributed by atoms with E-state index in [0.717, 1.165) is 0 Å². The number of rotatable bonds is 2. The monoisotopic (exact) mass is 144 g/mol. The molecule has 0 spiro atoms. The van der Waals surface area contributed by atoms with E-state index in [1.54, 1.807) is 6.92 Å². The molecule has 0 aromatic heterocycles. The number of aliphatic carboxylic acids is 1. The molecule has 3 heteroatoms. The van der Waals surface area contributed by atoms with Gasteiger partial charge in [-0.2, -0.15) is 0 Å². The Kier molecular flexibility index (Phi) is 2.84. The average molecular weight is 144 g/mol. The number of hydrogen-bond donors (Lipinski definition) is 1. The van der Waals surface area contributed by atoms with Crippen molar-refractivity contribution in [3.63, 3.8) is 0 Å². The lowest BCUT2D eigenvalue weighted by atomic mass is 10.1. The summed E-state index contributed by atoms with van der Waals surface area (Å²) in [5.41, 5.74) is -0.167. The van der Waals surface area contributed by atoms with E-state index in [1.165, 1.54) is 0 Å². The fourth-order valence-electron chi connectivity index (χ4n) is 0.708. The summed E-state index contributed by atoms with van der Waals surface area (Å²) >= 11 is 0. The maximum atomic E-state index is 10.2. The van der Waals surface area contributed by atoms with Gasteiger partial charge in [0.15, 0.2) is 0 Å². The second kappa shape index (κ2) is 3.01. The third-order valence-corrected chi connectivity index (χ3v) is 1.00. The zero-order chi connectivity index (χ0) is 8.36. The van der Waals surface area contributed by atoms with Crippen molar-refractivity contribution in [1.82, 2.24) is 5.32 Å². The van der Waals surface area contributed by atoms with Gasteiger partial charge in [-0.1, -0.05) is 0 Å². The molecule has 1 atom stereocenters. The summed E-state index contributed by atoms with van der Waals surface area (Å²) < 4.78 is 0. The zero-order valence-electron chi connectivity index (χ0n) is 6.89. The van der Waals surface area contributed by atoms with E-state index in [9.17, 15) is 9.90 Å². The van der Waals surface area contributed by atoms with Crippen LogP contribution in [0.5, 0.6) is 0 Å². The van der Waals surface area contributed by atoms with E-state index in [2.05, 4.69) is 5.32 Å². The fourth-order valence-corrected chi connectivity index (χ4v) is 0.708. The third kappa shape index (κ3) is 4.32. The van der Waals surface area contributed by atoms with Gasteiger partial charge in [-0.05, 0) is 27.7 Å². The smallest absolute Gasteiger partial charge is 0.0581 e. The lowest BCUT2D eigenvalue weighted by Crippen LogP contribution is -2.50. The van der Waals surface area contributed by atoms with Crippen molar-refractivity contribution in [2.45, 2.75) is 39.3 Å². The molecule has 3 nitrogen and oxygen atoms in total. The quantitative estimate of drug-likeness (QED) is 0.569. The molecule has 0 saturated carbocycles. The molecule has 1 unspecified atom stereocenters. The fraction of sp³-hybridized carbons (Fsp3) is 0.857. The number of hydrogen-bond acceptors (Lipinski definition) is 3. The molecule has 0 aliphatic rings. The Morgan fingerprint density at radius 2 is 1.90 bits per heavy atom. The Balaban J connectivity index is 3.80. The topological polar surface area (TPSA) is 52.2 Å². The summed E-state index contributed by atoms with van der Waals surface area (Å²) in [5, 5.41) is 13.1. The first-order valence-corrected chi connectivity index (χ1v) is 3.31. The standard InChI is InChI=1S/C7H15NO2/c1-5(6(9)10)8-7(2,3)4/h5,8H,1-4H3,(H,9,10)/p-1. The van der Waals surface area contributed by atoms with Crippen LogP contribution in [0.25, 0.3) is 0 Å². The highest BCUT2D eigenvalue weighted by molar-refractivity contribution is 5.70. The van der Waals surface area contributed by atoms with Crippen LogP contribution in [0.15, 0.2) is 0 Å². The lowest BCUT2D eigenvalue weighted by molar-refractivity contribution is -0.308. The first-order valence-electron chi connectivity index (χ1n) is 3.31. The first kappa shape index (κ1) is 9.43. The van der Waals surface area contributed by atoms with Crippen LogP contribution in [0.2, 0.25) is 0 Å². The summed E-state index contributed by atoms with van der Waals surface area (Å²) in [6, 6.07) is -0.583. The molecule has 0 amide bonds. The van der Waals surface area contributed by atoms with E-state index in [4.69, 9.17) is 0 Å². The molecule has 10 heavy (non-hydrogen) atoms. The highest BCUT2D eigenvalue weighted by atomic mass is 16.4. The normalized spacial score (nSPS) is 14.8. The molecule has 0 fully saturated rings. The van der Waals surface area contributed by atoms with Crippen LogP contribution in [0, 0.1) is 0 Å². The van der Waals surface area contributed by atoms with Gasteiger partial charge < -0.3 is 15.2 Å². The van der Waals surface area contributed by atoms with Crippen molar-refractivity contribution >= 4 is 5.97 Å². The molecular weight excluding hydrogens is 130 g/mol. The summed E-state index contributed by atoms with van der Waals surface area (Å²) in [4.78, 5) is 10.2. The van der Waals surface area contributed by atoms with Crippen LogP contribution in [0.4, 0.5) is 0 Å². The molecule has 0 aliphatic carbocycles. The van der Waals surface area contributed by atoms with E-state index >= 15 is 0 Å². The minimum Gasteiger partial charge on any atom is -0.548 e. The molecule has 0 rings (SSSR count). The van der Waals surface area contributed by atoms with Crippen molar-refractivity contribution in [2.75, 3.05) is 0 Å². The number of carbonyl (C=O) groups is 1. The maximum absolute atomic E-state index is 10.2. The van der Waals surface area contributed by atoms with Gasteiger partial charge >= 0.3 is 0 Å². The Bertz CT molecular complexity index is 126. The van der Waals surface area contributed by atoms with Crippen molar-refractivity contribution in [3.8, 4) is 0 Å². The Morgan fingerprint density at radius 3 is 2.00 bits per heavy atom. The Morgan fingerprint density at radius 1 is 1.50 bits per heavy atom. The van der Waals surface area contributed by atoms with E-state index in [-0.39, 0.29) is 5.54 Å². The average Bonchev–Trinajstić information content (AvgIpc) is 1.60. The van der Waals surface area contributed by atoms with Crippen molar-refractivity contribution in [2.24, 2.45) is 0 Å². The minimum atomic E-state index is -1.06. The highest BCUT2D eigenvalue weighted by Gasteiger charge is 2.13. The van der Waals surface area contributed by atoms with Crippen molar-refractivity contribution < 1.29 is 9.90 Å². The van der Waals surface area contributed by atoms with Crippen molar-refractivity contribution in [3.05, 3.63) is 0 Å². The Labute approximate surface area is 61.4 Å². The van der Waals surface area contributed by atoms with Crippen LogP contribution >= 0.6 is 0 Å². The molecular formula is C7H14NO2-. The highest BCUT2D eigenvalue weighted by Crippen LogP contribution is 1.99. The van der Waals surface area contributed by atoms with E-state index in [1.807, 2.05) is 20.8 Å². The van der Waals surface area contributed by atoms with Gasteiger partial charge in [0.05, 0.1) is 5.97 Å². The van der Waals surface area contributed by atoms with Crippen LogP contribution in [-0.2, 0) is 4.79 Å². The lowest BCUT2D eigenvalue weighted by Gasteiger charge is -2.26. The number of carboxylic acids is 1. The summed E-state index contributed by atoms with van der Waals surface area (Å²) in [6.07, 6.45) is 0. The molecule has 0 radical (unpaired) electrons. The summed E-state index contributed by atoms with van der Waals surface area (Å²) in [7, 11) is 0. The molecule has 1 N–H and O–H groups in total. The van der Waals surface area contributed by atoms with Gasteiger partial charge in [0.1, 0.15) is 0 Å². The third-order valence-electron chi connectivity index (χ3n) is 1.00. The maximum Gasteiger partial charge on any atom is 0.0581 e. The Hall–Kier alpha value is -0.570. The number of carbonyl (C=O) groups excluding carboxylic acids is 1. The summed E-state index contributed by atoms with van der Waals surface area (Å²) in [6.45, 7) is 7.30. The largest absolute Gasteiger partial charge is 0.548 e. The van der Waals surface area contributed by atoms with E-state index < -0.39 is 12.0 Å². The molecule has 0 aromatic carbocycles. The number of nitrogens with one attached hydrogen (secondary N) is 1.